The number of fused-ring (bicyclic) bond motifs is 5. The van der Waals surface area contributed by atoms with Crippen molar-refractivity contribution in [2.24, 2.45) is 0 Å². The molecule has 1 amide bonds. The Morgan fingerprint density at radius 3 is 2.92 bits per heavy atom. The van der Waals surface area contributed by atoms with E-state index in [9.17, 15) is 4.79 Å². The fourth-order valence-electron chi connectivity index (χ4n) is 3.40. The maximum absolute atomic E-state index is 12.5. The van der Waals surface area contributed by atoms with Gasteiger partial charge in [0.05, 0.1) is 24.5 Å². The van der Waals surface area contributed by atoms with Crippen LogP contribution < -0.4 is 0 Å². The van der Waals surface area contributed by atoms with Gasteiger partial charge in [0.2, 0.25) is 0 Å². The molecule has 25 heavy (non-hydrogen) atoms. The van der Waals surface area contributed by atoms with Crippen molar-refractivity contribution in [1.82, 2.24) is 19.8 Å². The molecule has 0 saturated heterocycles. The van der Waals surface area contributed by atoms with Gasteiger partial charge < -0.3 is 14.2 Å². The molecule has 4 heterocycles. The molecule has 4 rings (SSSR count). The van der Waals surface area contributed by atoms with Gasteiger partial charge in [-0.1, -0.05) is 17.3 Å². The Bertz CT molecular complexity index is 856. The third kappa shape index (κ3) is 2.83. The fourth-order valence-corrected chi connectivity index (χ4v) is 3.40. The smallest absolute Gasteiger partial charge is 0.410 e. The van der Waals surface area contributed by atoms with E-state index in [4.69, 9.17) is 14.4 Å². The number of ether oxygens (including phenoxy) is 1. The third-order valence-electron chi connectivity index (χ3n) is 4.43. The van der Waals surface area contributed by atoms with Gasteiger partial charge in [0, 0.05) is 30.5 Å². The zero-order valence-electron chi connectivity index (χ0n) is 14.8. The van der Waals surface area contributed by atoms with E-state index in [1.165, 1.54) is 0 Å². The van der Waals surface area contributed by atoms with Crippen LogP contribution in [0.2, 0.25) is 0 Å². The number of hydrogen-bond acceptors (Lipinski definition) is 5. The van der Waals surface area contributed by atoms with Crippen molar-refractivity contribution in [2.75, 3.05) is 6.54 Å². The average molecular weight is 342 g/mol. The fraction of sp³-hybridized carbons (Fsp3) is 0.500. The first-order valence-electron chi connectivity index (χ1n) is 8.48. The van der Waals surface area contributed by atoms with Crippen molar-refractivity contribution in [3.05, 3.63) is 35.2 Å². The van der Waals surface area contributed by atoms with E-state index in [0.717, 1.165) is 40.2 Å². The van der Waals surface area contributed by atoms with E-state index < -0.39 is 5.60 Å². The lowest BCUT2D eigenvalue weighted by Gasteiger charge is -2.29. The summed E-state index contributed by atoms with van der Waals surface area (Å²) in [5.74, 6) is 0. The van der Waals surface area contributed by atoms with Crippen LogP contribution in [0.25, 0.3) is 11.4 Å². The summed E-state index contributed by atoms with van der Waals surface area (Å²) in [6, 6.07) is 0. The van der Waals surface area contributed by atoms with E-state index in [-0.39, 0.29) is 6.09 Å². The van der Waals surface area contributed by atoms with Gasteiger partial charge in [-0.15, -0.1) is 0 Å². The molecular formula is C18H22N4O3. The zero-order chi connectivity index (χ0) is 17.8. The molecule has 2 aliphatic heterocycles. The van der Waals surface area contributed by atoms with Crippen LogP contribution in [0, 0.1) is 0 Å². The molecule has 7 heteroatoms. The normalized spacial score (nSPS) is 16.8. The first-order valence-corrected chi connectivity index (χ1v) is 8.48. The molecule has 0 unspecified atom stereocenters. The first kappa shape index (κ1) is 15.9. The molecule has 0 radical (unpaired) electrons. The van der Waals surface area contributed by atoms with E-state index >= 15 is 0 Å². The van der Waals surface area contributed by atoms with Crippen LogP contribution in [0.3, 0.4) is 0 Å². The molecule has 0 bridgehead atoms. The maximum Gasteiger partial charge on any atom is 0.410 e. The largest absolute Gasteiger partial charge is 0.444 e. The zero-order valence-corrected chi connectivity index (χ0v) is 14.8. The highest BCUT2D eigenvalue weighted by Gasteiger charge is 2.33. The van der Waals surface area contributed by atoms with Crippen LogP contribution in [0.5, 0.6) is 0 Å². The molecule has 0 fully saturated rings. The molecule has 2 aromatic rings. The van der Waals surface area contributed by atoms with Gasteiger partial charge in [0.25, 0.3) is 0 Å². The van der Waals surface area contributed by atoms with Crippen LogP contribution in [-0.4, -0.2) is 38.1 Å². The highest BCUT2D eigenvalue weighted by atomic mass is 16.6. The number of hydrogen-bond donors (Lipinski definition) is 0. The molecule has 0 aliphatic carbocycles. The average Bonchev–Trinajstić information content (AvgIpc) is 3.05. The summed E-state index contributed by atoms with van der Waals surface area (Å²) in [5.41, 5.74) is 5.35. The number of aromatic nitrogens is 3. The summed E-state index contributed by atoms with van der Waals surface area (Å²) >= 11 is 0. The van der Waals surface area contributed by atoms with Crippen LogP contribution in [-0.2, 0) is 30.7 Å². The van der Waals surface area contributed by atoms with Gasteiger partial charge in [-0.2, -0.15) is 5.10 Å². The summed E-state index contributed by atoms with van der Waals surface area (Å²) in [4.78, 5) is 14.2. The summed E-state index contributed by atoms with van der Waals surface area (Å²) < 4.78 is 12.7. The van der Waals surface area contributed by atoms with Crippen molar-refractivity contribution in [3.63, 3.8) is 0 Å². The highest BCUT2D eigenvalue weighted by Crippen LogP contribution is 2.35. The van der Waals surface area contributed by atoms with Gasteiger partial charge in [0.1, 0.15) is 17.6 Å². The monoisotopic (exact) mass is 342 g/mol. The molecule has 2 aliphatic rings. The lowest BCUT2D eigenvalue weighted by Crippen LogP contribution is -2.39. The van der Waals surface area contributed by atoms with Gasteiger partial charge in [-0.25, -0.2) is 4.79 Å². The third-order valence-corrected chi connectivity index (χ3v) is 4.43. The van der Waals surface area contributed by atoms with Crippen LogP contribution >= 0.6 is 0 Å². The molecule has 0 aromatic carbocycles. The summed E-state index contributed by atoms with van der Waals surface area (Å²) in [6.45, 7) is 11.5. The van der Waals surface area contributed by atoms with Crippen LogP contribution in [0.15, 0.2) is 22.9 Å². The molecular weight excluding hydrogens is 320 g/mol. The van der Waals surface area contributed by atoms with Gasteiger partial charge in [0.15, 0.2) is 0 Å². The van der Waals surface area contributed by atoms with Crippen molar-refractivity contribution in [2.45, 2.75) is 52.3 Å². The standard InChI is InChI=1S/C18H22N4O3/c1-11-7-12-10-24-20-15(12)16-13-9-21(17(23)25-18(2,3)4)6-5-14(13)19-22(16)8-11/h10H,1,5-9H2,2-4H3. The second kappa shape index (κ2) is 5.47. The van der Waals surface area contributed by atoms with Crippen molar-refractivity contribution in [3.8, 4) is 11.4 Å². The number of nitrogens with zero attached hydrogens (tertiary/aromatic N) is 4. The SMILES string of the molecule is C=C1Cc2conc2-c2c3c(nn2C1)CCN(C(=O)OC(C)(C)C)C3. The summed E-state index contributed by atoms with van der Waals surface area (Å²) in [7, 11) is 0. The second-order valence-electron chi connectivity index (χ2n) is 7.70. The Kier molecular flexibility index (Phi) is 3.49. The van der Waals surface area contributed by atoms with Crippen LogP contribution in [0.1, 0.15) is 37.6 Å². The second-order valence-corrected chi connectivity index (χ2v) is 7.70. The molecule has 132 valence electrons. The van der Waals surface area contributed by atoms with E-state index in [1.807, 2.05) is 25.5 Å². The lowest BCUT2D eigenvalue weighted by molar-refractivity contribution is 0.0224. The summed E-state index contributed by atoms with van der Waals surface area (Å²) in [6.07, 6.45) is 2.81. The molecule has 0 atom stereocenters. The number of carbonyl (C=O) groups excluding carboxylic acids is 1. The Morgan fingerprint density at radius 2 is 2.16 bits per heavy atom. The van der Waals surface area contributed by atoms with Crippen molar-refractivity contribution in [1.29, 1.82) is 0 Å². The molecule has 0 saturated carbocycles. The van der Waals surface area contributed by atoms with Crippen molar-refractivity contribution >= 4 is 6.09 Å². The van der Waals surface area contributed by atoms with Crippen LogP contribution in [0.4, 0.5) is 4.79 Å². The highest BCUT2D eigenvalue weighted by molar-refractivity contribution is 5.71. The lowest BCUT2D eigenvalue weighted by atomic mass is 10.0. The Hall–Kier alpha value is -2.57. The van der Waals surface area contributed by atoms with E-state index in [1.54, 1.807) is 11.2 Å². The number of carbonyl (C=O) groups is 1. The number of amides is 1. The minimum Gasteiger partial charge on any atom is -0.444 e. The topological polar surface area (TPSA) is 73.4 Å². The number of allylic oxidation sites excluding steroid dienone is 1. The first-order chi connectivity index (χ1) is 11.8. The Morgan fingerprint density at radius 1 is 1.36 bits per heavy atom. The van der Waals surface area contributed by atoms with Crippen molar-refractivity contribution < 1.29 is 14.1 Å². The van der Waals surface area contributed by atoms with Gasteiger partial charge in [-0.05, 0) is 20.8 Å². The predicted molar refractivity (Wildman–Crippen MR) is 90.9 cm³/mol. The summed E-state index contributed by atoms with van der Waals surface area (Å²) in [5, 5.41) is 8.93. The molecule has 0 spiro atoms. The number of rotatable bonds is 0. The Labute approximate surface area is 146 Å². The molecule has 2 aromatic heterocycles. The minimum absolute atomic E-state index is 0.295. The van der Waals surface area contributed by atoms with Gasteiger partial charge >= 0.3 is 6.09 Å². The minimum atomic E-state index is -0.510. The maximum atomic E-state index is 12.5. The predicted octanol–water partition coefficient (Wildman–Crippen LogP) is 2.94. The molecule has 7 nitrogen and oxygen atoms in total. The molecule has 0 N–H and O–H groups in total. The van der Waals surface area contributed by atoms with E-state index in [2.05, 4.69) is 11.7 Å². The van der Waals surface area contributed by atoms with E-state index in [0.29, 0.717) is 26.1 Å². The quantitative estimate of drug-likeness (QED) is 0.688. The Balaban J connectivity index is 1.71. The van der Waals surface area contributed by atoms with Gasteiger partial charge in [-0.3, -0.25) is 4.68 Å².